The number of nitrogens with one attached hydrogen (secondary N) is 1. The molecule has 250 valence electrons. The number of hydrogen-bond donors (Lipinski definition) is 1. The maximum absolute atomic E-state index is 15.4. The topological polar surface area (TPSA) is 46.5 Å². The van der Waals surface area contributed by atoms with Gasteiger partial charge in [0.05, 0.1) is 39.4 Å². The summed E-state index contributed by atoms with van der Waals surface area (Å²) in [5, 5.41) is 0. The van der Waals surface area contributed by atoms with E-state index in [9.17, 15) is 0 Å². The molecule has 4 nitrogen and oxygen atoms in total. The molecule has 0 saturated heterocycles. The lowest BCUT2D eigenvalue weighted by molar-refractivity contribution is -0.0683. The summed E-state index contributed by atoms with van der Waals surface area (Å²) in [6.07, 6.45) is 0.379. The molecule has 0 atom stereocenters. The van der Waals surface area contributed by atoms with E-state index in [0.29, 0.717) is 27.9 Å². The van der Waals surface area contributed by atoms with Gasteiger partial charge in [-0.1, -0.05) is 109 Å². The van der Waals surface area contributed by atoms with E-state index in [1.54, 1.807) is 6.07 Å². The smallest absolute Gasteiger partial charge is 0.355 e. The van der Waals surface area contributed by atoms with E-state index < -0.39 is 11.7 Å². The van der Waals surface area contributed by atoms with Crippen molar-refractivity contribution in [2.45, 2.75) is 6.18 Å². The van der Waals surface area contributed by atoms with Gasteiger partial charge in [0, 0.05) is 33.4 Å². The molecule has 0 fully saturated rings. The van der Waals surface area contributed by atoms with Gasteiger partial charge in [0.25, 0.3) is 0 Å². The van der Waals surface area contributed by atoms with Crippen molar-refractivity contribution in [3.63, 3.8) is 0 Å². The first-order valence-electron chi connectivity index (χ1n) is 16.9. The van der Waals surface area contributed by atoms with Gasteiger partial charge in [-0.15, -0.1) is 0 Å². The van der Waals surface area contributed by atoms with Gasteiger partial charge in [-0.25, -0.2) is 9.97 Å². The second kappa shape index (κ2) is 12.5. The van der Waals surface area contributed by atoms with E-state index in [1.807, 2.05) is 158 Å². The third-order valence-corrected chi connectivity index (χ3v) is 9.28. The molecule has 1 N–H and O–H groups in total. The summed E-state index contributed by atoms with van der Waals surface area (Å²) < 4.78 is 48.2. The first-order valence-corrected chi connectivity index (χ1v) is 16.9. The molecule has 3 aromatic heterocycles. The Bertz CT molecular complexity index is 2690. The fraction of sp³-hybridized carbons (Fsp3) is 0.0222. The Hall–Kier alpha value is -6.73. The summed E-state index contributed by atoms with van der Waals surface area (Å²) in [6, 6.07) is 48.2. The molecule has 2 aliphatic rings. The van der Waals surface area contributed by atoms with Crippen LogP contribution >= 0.6 is 0 Å². The van der Waals surface area contributed by atoms with Crippen LogP contribution in [0.1, 0.15) is 22.8 Å². The highest BCUT2D eigenvalue weighted by Crippen LogP contribution is 2.49. The average Bonchev–Trinajstić information content (AvgIpc) is 3.97. The van der Waals surface area contributed by atoms with Crippen molar-refractivity contribution in [2.24, 2.45) is 0 Å². The highest BCUT2D eigenvalue weighted by atomic mass is 19.4. The van der Waals surface area contributed by atoms with E-state index in [2.05, 4.69) is 9.55 Å². The molecule has 0 amide bonds. The predicted molar refractivity (Wildman–Crippen MR) is 205 cm³/mol. The summed E-state index contributed by atoms with van der Waals surface area (Å²) in [5.74, 6) is 0. The number of para-hydroxylation sites is 1. The van der Waals surface area contributed by atoms with E-state index in [4.69, 9.17) is 9.97 Å². The summed E-state index contributed by atoms with van der Waals surface area (Å²) >= 11 is 0. The summed E-state index contributed by atoms with van der Waals surface area (Å²) in [4.78, 5) is 13.1. The molecular weight excluding hydrogens is 654 g/mol. The van der Waals surface area contributed by atoms with Crippen molar-refractivity contribution in [3.8, 4) is 39.1 Å². The van der Waals surface area contributed by atoms with Crippen LogP contribution in [0.2, 0.25) is 0 Å². The molecule has 0 saturated carbocycles. The Labute approximate surface area is 297 Å². The number of benzene rings is 4. The van der Waals surface area contributed by atoms with E-state index in [1.165, 1.54) is 0 Å². The van der Waals surface area contributed by atoms with Crippen molar-refractivity contribution in [1.29, 1.82) is 0 Å². The van der Waals surface area contributed by atoms with Crippen LogP contribution in [-0.4, -0.2) is 25.7 Å². The lowest BCUT2D eigenvalue weighted by atomic mass is 9.92. The number of aromatic amines is 1. The number of allylic oxidation sites excluding steroid dienone is 1. The molecule has 5 heterocycles. The van der Waals surface area contributed by atoms with Gasteiger partial charge in [0.2, 0.25) is 0 Å². The zero-order valence-corrected chi connectivity index (χ0v) is 27.6. The lowest BCUT2D eigenvalue weighted by Gasteiger charge is -2.16. The number of nitrogens with zero attached hydrogens (tertiary/aromatic N) is 3. The fourth-order valence-corrected chi connectivity index (χ4v) is 7.11. The Balaban J connectivity index is 1.64. The second-order valence-corrected chi connectivity index (χ2v) is 12.7. The van der Waals surface area contributed by atoms with Crippen LogP contribution in [0.4, 0.5) is 13.2 Å². The Kier molecular flexibility index (Phi) is 7.55. The highest BCUT2D eigenvalue weighted by molar-refractivity contribution is 6.11. The van der Waals surface area contributed by atoms with Crippen LogP contribution in [0.25, 0.3) is 84.9 Å². The maximum atomic E-state index is 15.4. The van der Waals surface area contributed by atoms with Gasteiger partial charge in [0.15, 0.2) is 0 Å². The van der Waals surface area contributed by atoms with Gasteiger partial charge in [-0.3, -0.25) is 0 Å². The van der Waals surface area contributed by atoms with Gasteiger partial charge >= 0.3 is 6.18 Å². The van der Waals surface area contributed by atoms with Crippen molar-refractivity contribution in [1.82, 2.24) is 19.5 Å². The first kappa shape index (κ1) is 31.3. The van der Waals surface area contributed by atoms with E-state index in [-0.39, 0.29) is 11.4 Å². The standard InChI is InChI=1S/C45H29F3N4/c46-45(47,48)38-27-36-26-34-22-21-32(49-34)25-33-23-24-35(50-33)28-39-40(29-13-5-1-6-14-29)41(30-15-7-2-8-16-30)44(52(39)37-19-11-4-12-20-37)42(43(38)51-36)31-17-9-3-10-18-31/h1-28,49H. The van der Waals surface area contributed by atoms with Gasteiger partial charge in [0.1, 0.15) is 0 Å². The zero-order chi connectivity index (χ0) is 35.2. The molecule has 7 heteroatoms. The molecule has 0 spiro atoms. The van der Waals surface area contributed by atoms with Crippen LogP contribution in [0, 0.1) is 0 Å². The number of halogens is 3. The molecule has 7 aromatic rings. The van der Waals surface area contributed by atoms with Gasteiger partial charge in [-0.2, -0.15) is 13.2 Å². The normalized spacial score (nSPS) is 12.6. The van der Waals surface area contributed by atoms with Crippen LogP contribution < -0.4 is 0 Å². The van der Waals surface area contributed by atoms with E-state index in [0.717, 1.165) is 50.7 Å². The highest BCUT2D eigenvalue weighted by Gasteiger charge is 2.40. The number of rotatable bonds is 4. The molecular formula is C45H29F3N4. The minimum absolute atomic E-state index is 0.151. The number of fused-ring (bicyclic) bond motifs is 8. The second-order valence-electron chi connectivity index (χ2n) is 12.7. The van der Waals surface area contributed by atoms with Crippen LogP contribution in [-0.2, 0) is 0 Å². The third kappa shape index (κ3) is 5.62. The molecule has 0 radical (unpaired) electrons. The SMILES string of the molecule is FC(F)(F)C1=Cc2cc3ccc(cc4nc(cc5c(-c6ccccc6)c(-c6ccccc6)c(c(-c6ccccc6)c1n2)n5-c1ccccc1)C=C4)[nH]3. The summed E-state index contributed by atoms with van der Waals surface area (Å²) in [5.41, 5.74) is 8.57. The van der Waals surface area contributed by atoms with Crippen LogP contribution in [0.15, 0.2) is 152 Å². The summed E-state index contributed by atoms with van der Waals surface area (Å²) in [7, 11) is 0. The van der Waals surface area contributed by atoms with Crippen LogP contribution in [0.5, 0.6) is 0 Å². The molecule has 8 bridgehead atoms. The fourth-order valence-electron chi connectivity index (χ4n) is 7.11. The molecule has 52 heavy (non-hydrogen) atoms. The van der Waals surface area contributed by atoms with E-state index >= 15 is 13.2 Å². The first-order chi connectivity index (χ1) is 25.4. The predicted octanol–water partition coefficient (Wildman–Crippen LogP) is 12.1. The monoisotopic (exact) mass is 682 g/mol. The maximum Gasteiger partial charge on any atom is 0.418 e. The zero-order valence-electron chi connectivity index (χ0n) is 27.6. The van der Waals surface area contributed by atoms with Crippen molar-refractivity contribution in [3.05, 3.63) is 174 Å². The molecule has 9 rings (SSSR count). The van der Waals surface area contributed by atoms with Crippen molar-refractivity contribution >= 4 is 45.9 Å². The lowest BCUT2D eigenvalue weighted by Crippen LogP contribution is -2.10. The Morgan fingerprint density at radius 2 is 1.00 bits per heavy atom. The summed E-state index contributed by atoms with van der Waals surface area (Å²) in [6.45, 7) is 0. The van der Waals surface area contributed by atoms with Crippen molar-refractivity contribution < 1.29 is 13.2 Å². The van der Waals surface area contributed by atoms with Gasteiger partial charge in [-0.05, 0) is 77.4 Å². The van der Waals surface area contributed by atoms with Gasteiger partial charge < -0.3 is 9.55 Å². The largest absolute Gasteiger partial charge is 0.418 e. The molecule has 2 aliphatic heterocycles. The number of alkyl halides is 3. The molecule has 4 aromatic carbocycles. The molecule has 0 unspecified atom stereocenters. The number of H-pyrrole nitrogens is 1. The number of aromatic nitrogens is 4. The molecule has 0 aliphatic carbocycles. The Morgan fingerprint density at radius 1 is 0.500 bits per heavy atom. The van der Waals surface area contributed by atoms with Crippen LogP contribution in [0.3, 0.4) is 0 Å². The Morgan fingerprint density at radius 3 is 1.58 bits per heavy atom. The minimum atomic E-state index is -4.70. The third-order valence-electron chi connectivity index (χ3n) is 9.28. The minimum Gasteiger partial charge on any atom is -0.355 e. The average molecular weight is 683 g/mol. The van der Waals surface area contributed by atoms with Crippen molar-refractivity contribution in [2.75, 3.05) is 0 Å². The number of hydrogen-bond acceptors (Lipinski definition) is 2. The quantitative estimate of drug-likeness (QED) is 0.201.